The Morgan fingerprint density at radius 3 is 2.64 bits per heavy atom. The molecule has 146 valence electrons. The van der Waals surface area contributed by atoms with E-state index in [4.69, 9.17) is 21.7 Å². The standard InChI is InChI=1S/C22H24N2O3S/c1-15(25)24-22(2,21(28)26-3)12-17-13-23-20-10-9-18(11-19(17)20)27-14-16-7-5-4-6-8-16/h4-11,13,23H,12,14H2,1-3H3,(H,24,25). The van der Waals surface area contributed by atoms with Crippen molar-refractivity contribution in [3.8, 4) is 5.75 Å². The highest BCUT2D eigenvalue weighted by Gasteiger charge is 2.32. The number of carbonyl (C=O) groups excluding carboxylic acids is 1. The fourth-order valence-electron chi connectivity index (χ4n) is 3.30. The van der Waals surface area contributed by atoms with Crippen molar-refractivity contribution in [3.63, 3.8) is 0 Å². The summed E-state index contributed by atoms with van der Waals surface area (Å²) in [7, 11) is 1.52. The molecule has 0 aliphatic carbocycles. The van der Waals surface area contributed by atoms with Crippen molar-refractivity contribution in [2.45, 2.75) is 32.4 Å². The van der Waals surface area contributed by atoms with Crippen LogP contribution in [0.3, 0.4) is 0 Å². The summed E-state index contributed by atoms with van der Waals surface area (Å²) in [6, 6.07) is 16.0. The molecule has 0 aliphatic rings. The van der Waals surface area contributed by atoms with Crippen LogP contribution in [-0.4, -0.2) is 28.6 Å². The molecule has 5 nitrogen and oxygen atoms in total. The Bertz CT molecular complexity index is 984. The van der Waals surface area contributed by atoms with Crippen molar-refractivity contribution in [1.82, 2.24) is 10.3 Å². The lowest BCUT2D eigenvalue weighted by Gasteiger charge is -2.29. The first-order valence-electron chi connectivity index (χ1n) is 9.05. The predicted molar refractivity (Wildman–Crippen MR) is 115 cm³/mol. The lowest BCUT2D eigenvalue weighted by atomic mass is 9.93. The van der Waals surface area contributed by atoms with E-state index in [2.05, 4.69) is 10.3 Å². The van der Waals surface area contributed by atoms with Gasteiger partial charge in [0.05, 0.1) is 7.11 Å². The van der Waals surface area contributed by atoms with Gasteiger partial charge < -0.3 is 19.8 Å². The number of ether oxygens (including phenoxy) is 2. The normalized spacial score (nSPS) is 13.0. The van der Waals surface area contributed by atoms with E-state index >= 15 is 0 Å². The number of H-pyrrole nitrogens is 1. The molecule has 0 fully saturated rings. The van der Waals surface area contributed by atoms with E-state index in [0.29, 0.717) is 18.1 Å². The molecule has 28 heavy (non-hydrogen) atoms. The molecule has 1 atom stereocenters. The second-order valence-electron chi connectivity index (χ2n) is 6.98. The van der Waals surface area contributed by atoms with E-state index in [1.165, 1.54) is 14.0 Å². The number of aromatic nitrogens is 1. The van der Waals surface area contributed by atoms with Gasteiger partial charge in [-0.2, -0.15) is 0 Å². The topological polar surface area (TPSA) is 63.4 Å². The molecule has 1 amide bonds. The van der Waals surface area contributed by atoms with Gasteiger partial charge in [0.1, 0.15) is 17.9 Å². The molecule has 1 aromatic heterocycles. The van der Waals surface area contributed by atoms with Crippen molar-refractivity contribution >= 4 is 34.1 Å². The molecule has 6 heteroatoms. The Morgan fingerprint density at radius 2 is 1.96 bits per heavy atom. The number of fused-ring (bicyclic) bond motifs is 1. The lowest BCUT2D eigenvalue weighted by Crippen LogP contribution is -2.53. The van der Waals surface area contributed by atoms with Crippen molar-refractivity contribution in [1.29, 1.82) is 0 Å². The van der Waals surface area contributed by atoms with Crippen LogP contribution in [0.25, 0.3) is 10.9 Å². The third-order valence-corrected chi connectivity index (χ3v) is 5.24. The van der Waals surface area contributed by atoms with E-state index in [-0.39, 0.29) is 5.91 Å². The largest absolute Gasteiger partial charge is 0.489 e. The van der Waals surface area contributed by atoms with Gasteiger partial charge in [0.15, 0.2) is 5.05 Å². The minimum absolute atomic E-state index is 0.159. The number of benzene rings is 2. The van der Waals surface area contributed by atoms with Gasteiger partial charge >= 0.3 is 0 Å². The monoisotopic (exact) mass is 396 g/mol. The molecule has 2 N–H and O–H groups in total. The summed E-state index contributed by atoms with van der Waals surface area (Å²) < 4.78 is 11.2. The van der Waals surface area contributed by atoms with Crippen LogP contribution in [0.4, 0.5) is 0 Å². The molecular weight excluding hydrogens is 372 g/mol. The van der Waals surface area contributed by atoms with E-state index in [1.807, 2.05) is 61.7 Å². The van der Waals surface area contributed by atoms with E-state index < -0.39 is 5.54 Å². The molecule has 1 heterocycles. The highest BCUT2D eigenvalue weighted by Crippen LogP contribution is 2.28. The predicted octanol–water partition coefficient (Wildman–Crippen LogP) is 4.16. The molecule has 1 unspecified atom stereocenters. The Morgan fingerprint density at radius 1 is 1.21 bits per heavy atom. The maximum atomic E-state index is 11.7. The minimum Gasteiger partial charge on any atom is -0.489 e. The first-order chi connectivity index (χ1) is 13.4. The molecule has 0 saturated heterocycles. The van der Waals surface area contributed by atoms with Crippen LogP contribution in [0.2, 0.25) is 0 Å². The maximum absolute atomic E-state index is 11.7. The summed E-state index contributed by atoms with van der Waals surface area (Å²) in [6.45, 7) is 3.85. The van der Waals surface area contributed by atoms with Gasteiger partial charge in [-0.1, -0.05) is 30.3 Å². The zero-order valence-corrected chi connectivity index (χ0v) is 17.1. The van der Waals surface area contributed by atoms with Crippen LogP contribution in [0.5, 0.6) is 5.75 Å². The number of thiocarbonyl (C=S) groups is 1. The van der Waals surface area contributed by atoms with Crippen LogP contribution in [0.15, 0.2) is 54.7 Å². The molecule has 3 rings (SSSR count). The fourth-order valence-corrected chi connectivity index (χ4v) is 3.42. The van der Waals surface area contributed by atoms with Crippen molar-refractivity contribution in [3.05, 3.63) is 65.9 Å². The van der Waals surface area contributed by atoms with E-state index in [9.17, 15) is 4.79 Å². The fraction of sp³-hybridized carbons (Fsp3) is 0.273. The maximum Gasteiger partial charge on any atom is 0.217 e. The van der Waals surface area contributed by atoms with Gasteiger partial charge in [-0.25, -0.2) is 0 Å². The van der Waals surface area contributed by atoms with Gasteiger partial charge in [0.2, 0.25) is 5.91 Å². The number of methoxy groups -OCH3 is 1. The van der Waals surface area contributed by atoms with Crippen LogP contribution in [-0.2, 0) is 22.6 Å². The zero-order chi connectivity index (χ0) is 20.1. The molecule has 3 aromatic rings. The molecule has 0 bridgehead atoms. The number of amides is 1. The number of nitrogens with one attached hydrogen (secondary N) is 2. The number of hydrogen-bond acceptors (Lipinski definition) is 4. The molecule has 2 aromatic carbocycles. The van der Waals surface area contributed by atoms with Crippen LogP contribution in [0.1, 0.15) is 25.0 Å². The lowest BCUT2D eigenvalue weighted by molar-refractivity contribution is -0.120. The summed E-state index contributed by atoms with van der Waals surface area (Å²) >= 11 is 5.35. The summed E-state index contributed by atoms with van der Waals surface area (Å²) in [6.07, 6.45) is 2.44. The van der Waals surface area contributed by atoms with Crippen molar-refractivity contribution in [2.24, 2.45) is 0 Å². The summed E-state index contributed by atoms with van der Waals surface area (Å²) in [5.74, 6) is 0.626. The third-order valence-electron chi connectivity index (χ3n) is 4.62. The van der Waals surface area contributed by atoms with E-state index in [1.54, 1.807) is 0 Å². The molecular formula is C22H24N2O3S. The first-order valence-corrected chi connectivity index (χ1v) is 9.46. The average Bonchev–Trinajstić information content (AvgIpc) is 3.07. The van der Waals surface area contributed by atoms with Gasteiger partial charge in [0, 0.05) is 30.4 Å². The smallest absolute Gasteiger partial charge is 0.217 e. The number of aromatic amines is 1. The Kier molecular flexibility index (Phi) is 5.99. The first kappa shape index (κ1) is 19.9. The second-order valence-corrected chi connectivity index (χ2v) is 7.35. The SMILES string of the molecule is COC(=S)C(C)(Cc1c[nH]c2ccc(OCc3ccccc3)cc12)NC(C)=O. The average molecular weight is 397 g/mol. The van der Waals surface area contributed by atoms with Crippen molar-refractivity contribution < 1.29 is 14.3 Å². The summed E-state index contributed by atoms with van der Waals surface area (Å²) in [5, 5.41) is 4.29. The minimum atomic E-state index is -0.786. The Hall–Kier alpha value is -2.86. The number of carbonyl (C=O) groups is 1. The van der Waals surface area contributed by atoms with Crippen LogP contribution in [0, 0.1) is 0 Å². The quantitative estimate of drug-likeness (QED) is 0.589. The van der Waals surface area contributed by atoms with Gasteiger partial charge in [-0.05, 0) is 48.5 Å². The zero-order valence-electron chi connectivity index (χ0n) is 16.2. The summed E-state index contributed by atoms with van der Waals surface area (Å²) in [5.41, 5.74) is 2.35. The summed E-state index contributed by atoms with van der Waals surface area (Å²) in [4.78, 5) is 15.0. The van der Waals surface area contributed by atoms with Crippen molar-refractivity contribution in [2.75, 3.05) is 7.11 Å². The second kappa shape index (κ2) is 8.44. The Balaban J connectivity index is 1.85. The third kappa shape index (κ3) is 4.51. The van der Waals surface area contributed by atoms with Crippen LogP contribution < -0.4 is 10.1 Å². The highest BCUT2D eigenvalue weighted by molar-refractivity contribution is 7.80. The molecule has 0 saturated carbocycles. The van der Waals surface area contributed by atoms with Crippen LogP contribution >= 0.6 is 12.2 Å². The van der Waals surface area contributed by atoms with Gasteiger partial charge in [0.25, 0.3) is 0 Å². The molecule has 0 aliphatic heterocycles. The van der Waals surface area contributed by atoms with Gasteiger partial charge in [-0.3, -0.25) is 4.79 Å². The van der Waals surface area contributed by atoms with Gasteiger partial charge in [-0.15, -0.1) is 0 Å². The number of hydrogen-bond donors (Lipinski definition) is 2. The molecule has 0 spiro atoms. The Labute approximate surface area is 170 Å². The number of rotatable bonds is 7. The highest BCUT2D eigenvalue weighted by atomic mass is 32.1. The van der Waals surface area contributed by atoms with E-state index in [0.717, 1.165) is 27.8 Å². The molecule has 0 radical (unpaired) electrons.